The van der Waals surface area contributed by atoms with Gasteiger partial charge in [0, 0.05) is 21.3 Å². The summed E-state index contributed by atoms with van der Waals surface area (Å²) in [6, 6.07) is 22.6. The number of nitrogens with one attached hydrogen (secondary N) is 2. The topological polar surface area (TPSA) is 75.3 Å². The second-order valence-electron chi connectivity index (χ2n) is 6.52. The maximum absolute atomic E-state index is 12.9. The van der Waals surface area contributed by atoms with Crippen molar-refractivity contribution in [2.45, 2.75) is 6.92 Å². The Morgan fingerprint density at radius 3 is 2.17 bits per heavy atom. The zero-order valence-electron chi connectivity index (χ0n) is 16.2. The minimum atomic E-state index is -0.497. The van der Waals surface area contributed by atoms with Crippen molar-refractivity contribution in [2.75, 3.05) is 5.32 Å². The molecule has 30 heavy (non-hydrogen) atoms. The van der Waals surface area contributed by atoms with E-state index in [0.29, 0.717) is 16.8 Å². The predicted molar refractivity (Wildman–Crippen MR) is 121 cm³/mol. The van der Waals surface area contributed by atoms with Crippen LogP contribution in [0.15, 0.2) is 89.0 Å². The first-order valence-electron chi connectivity index (χ1n) is 9.18. The van der Waals surface area contributed by atoms with Crippen LogP contribution in [-0.2, 0) is 4.79 Å². The number of rotatable bonds is 6. The van der Waals surface area contributed by atoms with Gasteiger partial charge >= 0.3 is 0 Å². The van der Waals surface area contributed by atoms with Crippen LogP contribution in [0, 0.1) is 0 Å². The summed E-state index contributed by atoms with van der Waals surface area (Å²) in [5.74, 6) is -0.997. The Balaban J connectivity index is 1.89. The maximum atomic E-state index is 12.9. The average Bonchev–Trinajstić information content (AvgIpc) is 2.75. The number of Topliss-reactive ketones (excluding diaryl/α,β-unsaturated/α-hetero) is 1. The summed E-state index contributed by atoms with van der Waals surface area (Å²) in [4.78, 5) is 37.2. The number of carbonyl (C=O) groups is 3. The highest BCUT2D eigenvalue weighted by Crippen LogP contribution is 2.16. The number of anilines is 1. The molecule has 0 atom stereocenters. The fourth-order valence-electron chi connectivity index (χ4n) is 2.68. The van der Waals surface area contributed by atoms with Crippen LogP contribution >= 0.6 is 15.9 Å². The van der Waals surface area contributed by atoms with E-state index in [0.717, 1.165) is 10.0 Å². The van der Waals surface area contributed by atoms with Crippen LogP contribution in [0.25, 0.3) is 6.08 Å². The zero-order chi connectivity index (χ0) is 21.5. The molecule has 0 radical (unpaired) electrons. The molecular formula is C24H19BrN2O3. The van der Waals surface area contributed by atoms with Crippen LogP contribution in [0.1, 0.15) is 33.2 Å². The smallest absolute Gasteiger partial charge is 0.272 e. The van der Waals surface area contributed by atoms with E-state index < -0.39 is 11.8 Å². The Kier molecular flexibility index (Phi) is 6.93. The van der Waals surface area contributed by atoms with Gasteiger partial charge in [0.15, 0.2) is 5.78 Å². The van der Waals surface area contributed by atoms with E-state index in [4.69, 9.17) is 0 Å². The van der Waals surface area contributed by atoms with Crippen LogP contribution in [0.2, 0.25) is 0 Å². The standard InChI is InChI=1S/C24H19BrN2O3/c1-16(28)19-8-5-9-21(15-19)26-24(30)22(14-17-10-12-20(25)13-11-17)27-23(29)18-6-3-2-4-7-18/h2-15H,1H3,(H,26,30)(H,27,29)/b22-14-. The molecule has 3 aromatic rings. The van der Waals surface area contributed by atoms with E-state index in [1.165, 1.54) is 6.92 Å². The van der Waals surface area contributed by atoms with Crippen molar-refractivity contribution in [2.24, 2.45) is 0 Å². The minimum absolute atomic E-state index is 0.0828. The van der Waals surface area contributed by atoms with Crippen molar-refractivity contribution >= 4 is 45.3 Å². The quantitative estimate of drug-likeness (QED) is 0.396. The summed E-state index contributed by atoms with van der Waals surface area (Å²) in [6.45, 7) is 1.46. The van der Waals surface area contributed by atoms with Gasteiger partial charge in [-0.2, -0.15) is 0 Å². The first-order valence-corrected chi connectivity index (χ1v) is 9.98. The number of carbonyl (C=O) groups excluding carboxylic acids is 3. The maximum Gasteiger partial charge on any atom is 0.272 e. The van der Waals surface area contributed by atoms with Gasteiger partial charge in [-0.1, -0.05) is 58.4 Å². The predicted octanol–water partition coefficient (Wildman–Crippen LogP) is 5.06. The van der Waals surface area contributed by atoms with Crippen LogP contribution in [0.3, 0.4) is 0 Å². The molecule has 0 aliphatic carbocycles. The molecule has 150 valence electrons. The Morgan fingerprint density at radius 1 is 0.833 bits per heavy atom. The van der Waals surface area contributed by atoms with E-state index >= 15 is 0 Å². The Bertz CT molecular complexity index is 1110. The van der Waals surface area contributed by atoms with Crippen molar-refractivity contribution < 1.29 is 14.4 Å². The van der Waals surface area contributed by atoms with Gasteiger partial charge in [-0.15, -0.1) is 0 Å². The second kappa shape index (κ2) is 9.80. The molecule has 0 saturated carbocycles. The fourth-order valence-corrected chi connectivity index (χ4v) is 2.95. The first-order chi connectivity index (χ1) is 14.4. The van der Waals surface area contributed by atoms with Crippen LogP contribution in [-0.4, -0.2) is 17.6 Å². The van der Waals surface area contributed by atoms with Crippen molar-refractivity contribution in [3.8, 4) is 0 Å². The summed E-state index contributed by atoms with van der Waals surface area (Å²) in [5, 5.41) is 5.43. The highest BCUT2D eigenvalue weighted by atomic mass is 79.9. The third kappa shape index (κ3) is 5.75. The lowest BCUT2D eigenvalue weighted by Crippen LogP contribution is -2.30. The normalized spacial score (nSPS) is 10.9. The molecule has 0 aliphatic rings. The van der Waals surface area contributed by atoms with Crippen molar-refractivity contribution in [3.63, 3.8) is 0 Å². The molecule has 0 bridgehead atoms. The summed E-state index contributed by atoms with van der Waals surface area (Å²) in [7, 11) is 0. The molecule has 3 rings (SSSR count). The summed E-state index contributed by atoms with van der Waals surface area (Å²) < 4.78 is 0.903. The SMILES string of the molecule is CC(=O)c1cccc(NC(=O)/C(=C/c2ccc(Br)cc2)NC(=O)c2ccccc2)c1. The molecule has 6 heteroatoms. The number of ketones is 1. The van der Waals surface area contributed by atoms with Crippen molar-refractivity contribution in [1.29, 1.82) is 0 Å². The largest absolute Gasteiger partial charge is 0.321 e. The lowest BCUT2D eigenvalue weighted by atomic mass is 10.1. The van der Waals surface area contributed by atoms with Gasteiger partial charge < -0.3 is 10.6 Å². The molecule has 2 amide bonds. The minimum Gasteiger partial charge on any atom is -0.321 e. The van der Waals surface area contributed by atoms with Gasteiger partial charge in [-0.05, 0) is 55.0 Å². The van der Waals surface area contributed by atoms with E-state index in [1.807, 2.05) is 30.3 Å². The number of hydrogen-bond donors (Lipinski definition) is 2. The summed E-state index contributed by atoms with van der Waals surface area (Å²) >= 11 is 3.38. The molecule has 0 aliphatic heterocycles. The number of amides is 2. The van der Waals surface area contributed by atoms with Crippen molar-refractivity contribution in [3.05, 3.63) is 106 Å². The number of hydrogen-bond acceptors (Lipinski definition) is 3. The van der Waals surface area contributed by atoms with E-state index in [9.17, 15) is 14.4 Å². The molecule has 2 N–H and O–H groups in total. The highest BCUT2D eigenvalue weighted by Gasteiger charge is 2.15. The van der Waals surface area contributed by atoms with Gasteiger partial charge in [0.25, 0.3) is 11.8 Å². The summed E-state index contributed by atoms with van der Waals surface area (Å²) in [5.41, 5.74) is 2.21. The molecule has 0 fully saturated rings. The van der Waals surface area contributed by atoms with Gasteiger partial charge in [0.2, 0.25) is 0 Å². The molecule has 0 saturated heterocycles. The van der Waals surface area contributed by atoms with Crippen molar-refractivity contribution in [1.82, 2.24) is 5.32 Å². The second-order valence-corrected chi connectivity index (χ2v) is 7.44. The van der Waals surface area contributed by atoms with Gasteiger partial charge in [0.05, 0.1) is 0 Å². The number of halogens is 1. The molecule has 0 aromatic heterocycles. The molecule has 0 unspecified atom stereocenters. The molecule has 3 aromatic carbocycles. The molecule has 5 nitrogen and oxygen atoms in total. The lowest BCUT2D eigenvalue weighted by Gasteiger charge is -2.12. The average molecular weight is 463 g/mol. The van der Waals surface area contributed by atoms with Gasteiger partial charge in [0.1, 0.15) is 5.70 Å². The van der Waals surface area contributed by atoms with E-state index in [-0.39, 0.29) is 11.5 Å². The third-order valence-corrected chi connectivity index (χ3v) is 4.77. The molecule has 0 heterocycles. The first kappa shape index (κ1) is 21.2. The Morgan fingerprint density at radius 2 is 1.50 bits per heavy atom. The van der Waals surface area contributed by atoms with Crippen LogP contribution < -0.4 is 10.6 Å². The van der Waals surface area contributed by atoms with Crippen LogP contribution in [0.5, 0.6) is 0 Å². The lowest BCUT2D eigenvalue weighted by molar-refractivity contribution is -0.113. The Hall–Kier alpha value is -3.51. The van der Waals surface area contributed by atoms with Gasteiger partial charge in [-0.25, -0.2) is 0 Å². The highest BCUT2D eigenvalue weighted by molar-refractivity contribution is 9.10. The summed E-state index contributed by atoms with van der Waals surface area (Å²) in [6.07, 6.45) is 1.59. The number of benzene rings is 3. The van der Waals surface area contributed by atoms with Crippen LogP contribution in [0.4, 0.5) is 5.69 Å². The Labute approximate surface area is 182 Å². The third-order valence-electron chi connectivity index (χ3n) is 4.24. The fraction of sp³-hybridized carbons (Fsp3) is 0.0417. The molecule has 0 spiro atoms. The molecular weight excluding hydrogens is 444 g/mol. The van der Waals surface area contributed by atoms with E-state index in [2.05, 4.69) is 26.6 Å². The van der Waals surface area contributed by atoms with Gasteiger partial charge in [-0.3, -0.25) is 14.4 Å². The van der Waals surface area contributed by atoms with E-state index in [1.54, 1.807) is 54.6 Å². The monoisotopic (exact) mass is 462 g/mol. The zero-order valence-corrected chi connectivity index (χ0v) is 17.8.